The second-order valence-corrected chi connectivity index (χ2v) is 7.12. The van der Waals surface area contributed by atoms with Gasteiger partial charge in [-0.15, -0.1) is 0 Å². The van der Waals surface area contributed by atoms with Crippen molar-refractivity contribution in [1.29, 1.82) is 0 Å². The predicted octanol–water partition coefficient (Wildman–Crippen LogP) is 3.61. The van der Waals surface area contributed by atoms with Crippen LogP contribution in [-0.2, 0) is 22.7 Å². The molecule has 0 N–H and O–H groups in total. The Labute approximate surface area is 155 Å². The zero-order chi connectivity index (χ0) is 18.5. The Morgan fingerprint density at radius 3 is 1.38 bits per heavy atom. The number of carbonyl (C=O) groups is 2. The van der Waals surface area contributed by atoms with E-state index < -0.39 is 0 Å². The molecule has 0 saturated carbocycles. The van der Waals surface area contributed by atoms with E-state index in [-0.39, 0.29) is 23.9 Å². The summed E-state index contributed by atoms with van der Waals surface area (Å²) in [7, 11) is 0. The summed E-state index contributed by atoms with van der Waals surface area (Å²) in [6.45, 7) is 5.05. The molecule has 0 unspecified atom stereocenters. The molecule has 3 rings (SSSR count). The fourth-order valence-electron chi connectivity index (χ4n) is 3.50. The van der Waals surface area contributed by atoms with E-state index in [4.69, 9.17) is 0 Å². The third-order valence-electron chi connectivity index (χ3n) is 5.04. The molecule has 1 heterocycles. The number of nitrogens with zero attached hydrogens (tertiary/aromatic N) is 2. The second-order valence-electron chi connectivity index (χ2n) is 7.12. The van der Waals surface area contributed by atoms with Crippen molar-refractivity contribution in [2.24, 2.45) is 0 Å². The van der Waals surface area contributed by atoms with Crippen LogP contribution in [0.25, 0.3) is 0 Å². The van der Waals surface area contributed by atoms with Crippen LogP contribution >= 0.6 is 0 Å². The van der Waals surface area contributed by atoms with Crippen molar-refractivity contribution in [3.63, 3.8) is 0 Å². The summed E-state index contributed by atoms with van der Waals surface area (Å²) < 4.78 is 0. The van der Waals surface area contributed by atoms with Crippen molar-refractivity contribution in [2.45, 2.75) is 51.9 Å². The quantitative estimate of drug-likeness (QED) is 0.845. The molecule has 4 nitrogen and oxygen atoms in total. The van der Waals surface area contributed by atoms with Crippen molar-refractivity contribution in [2.75, 3.05) is 0 Å². The Balaban J connectivity index is 1.75. The molecular formula is C22H26N2O2. The van der Waals surface area contributed by atoms with Gasteiger partial charge in [0.1, 0.15) is 0 Å². The van der Waals surface area contributed by atoms with Gasteiger partial charge in [-0.1, -0.05) is 60.7 Å². The van der Waals surface area contributed by atoms with Crippen LogP contribution in [0.2, 0.25) is 0 Å². The number of rotatable bonds is 4. The molecular weight excluding hydrogens is 324 g/mol. The zero-order valence-electron chi connectivity index (χ0n) is 15.5. The molecule has 2 amide bonds. The molecule has 1 aliphatic rings. The van der Waals surface area contributed by atoms with E-state index in [2.05, 4.69) is 0 Å². The minimum atomic E-state index is -0.110. The van der Waals surface area contributed by atoms with Crippen LogP contribution in [0.15, 0.2) is 60.7 Å². The van der Waals surface area contributed by atoms with E-state index >= 15 is 0 Å². The van der Waals surface area contributed by atoms with Crippen molar-refractivity contribution >= 4 is 11.8 Å². The van der Waals surface area contributed by atoms with E-state index in [9.17, 15) is 9.59 Å². The first-order chi connectivity index (χ1) is 12.5. The lowest BCUT2D eigenvalue weighted by atomic mass is 10.0. The summed E-state index contributed by atoms with van der Waals surface area (Å²) in [6, 6.07) is 19.7. The van der Waals surface area contributed by atoms with Gasteiger partial charge in [0, 0.05) is 38.0 Å². The number of hydrogen-bond acceptors (Lipinski definition) is 2. The lowest BCUT2D eigenvalue weighted by Crippen LogP contribution is -2.49. The number of hydrogen-bond donors (Lipinski definition) is 0. The average molecular weight is 350 g/mol. The topological polar surface area (TPSA) is 40.6 Å². The highest BCUT2D eigenvalue weighted by molar-refractivity contribution is 5.83. The Kier molecular flexibility index (Phi) is 5.71. The van der Waals surface area contributed by atoms with Crippen molar-refractivity contribution in [1.82, 2.24) is 9.80 Å². The third kappa shape index (κ3) is 4.31. The minimum Gasteiger partial charge on any atom is -0.335 e. The maximum absolute atomic E-state index is 12.9. The lowest BCUT2D eigenvalue weighted by Gasteiger charge is -2.38. The summed E-state index contributed by atoms with van der Waals surface area (Å²) in [4.78, 5) is 29.5. The zero-order valence-corrected chi connectivity index (χ0v) is 15.5. The summed E-state index contributed by atoms with van der Waals surface area (Å²) in [6.07, 6.45) is 0.714. The summed E-state index contributed by atoms with van der Waals surface area (Å²) in [5.41, 5.74) is 2.18. The first-order valence-electron chi connectivity index (χ1n) is 9.21. The van der Waals surface area contributed by atoms with E-state index in [1.165, 1.54) is 0 Å². The summed E-state index contributed by atoms with van der Waals surface area (Å²) >= 11 is 0. The normalized spacial score (nSPS) is 21.5. The summed E-state index contributed by atoms with van der Waals surface area (Å²) in [5, 5.41) is 0. The first-order valence-corrected chi connectivity index (χ1v) is 9.21. The van der Waals surface area contributed by atoms with Crippen LogP contribution in [0, 0.1) is 0 Å². The van der Waals surface area contributed by atoms with Gasteiger partial charge >= 0.3 is 0 Å². The largest absolute Gasteiger partial charge is 0.335 e. The van der Waals surface area contributed by atoms with E-state index in [0.717, 1.165) is 11.1 Å². The van der Waals surface area contributed by atoms with Crippen molar-refractivity contribution < 1.29 is 9.59 Å². The lowest BCUT2D eigenvalue weighted by molar-refractivity contribution is -0.145. The molecule has 136 valence electrons. The third-order valence-corrected chi connectivity index (χ3v) is 5.04. The van der Waals surface area contributed by atoms with E-state index in [1.807, 2.05) is 84.3 Å². The Bertz CT molecular complexity index is 680. The predicted molar refractivity (Wildman–Crippen MR) is 102 cm³/mol. The van der Waals surface area contributed by atoms with Gasteiger partial charge in [0.2, 0.25) is 11.8 Å². The SMILES string of the molecule is C[C@@H]1CC(=O)N(Cc2ccccc2)[C@H](C)CC(=O)N1Cc1ccccc1. The maximum atomic E-state index is 12.9. The molecule has 1 saturated heterocycles. The van der Waals surface area contributed by atoms with Gasteiger partial charge in [-0.3, -0.25) is 9.59 Å². The standard InChI is InChI=1S/C22H26N2O2/c1-17-13-21(25)24(16-20-11-7-4-8-12-20)18(2)14-22(26)23(17)15-19-9-5-3-6-10-19/h3-12,17-18H,13-16H2,1-2H3/t17-,18-/m1/s1. The highest BCUT2D eigenvalue weighted by Gasteiger charge is 2.32. The van der Waals surface area contributed by atoms with Crippen LogP contribution in [-0.4, -0.2) is 33.7 Å². The smallest absolute Gasteiger partial charge is 0.225 e. The van der Waals surface area contributed by atoms with Gasteiger partial charge in [-0.2, -0.15) is 0 Å². The van der Waals surface area contributed by atoms with Gasteiger partial charge in [0.05, 0.1) is 0 Å². The minimum absolute atomic E-state index is 0.110. The van der Waals surface area contributed by atoms with Gasteiger partial charge in [0.15, 0.2) is 0 Å². The highest BCUT2D eigenvalue weighted by atomic mass is 16.2. The molecule has 0 bridgehead atoms. The van der Waals surface area contributed by atoms with E-state index in [0.29, 0.717) is 25.9 Å². The molecule has 2 aromatic rings. The molecule has 26 heavy (non-hydrogen) atoms. The van der Waals surface area contributed by atoms with Crippen LogP contribution < -0.4 is 0 Å². The van der Waals surface area contributed by atoms with Crippen LogP contribution in [0.1, 0.15) is 37.8 Å². The van der Waals surface area contributed by atoms with Crippen LogP contribution in [0.3, 0.4) is 0 Å². The maximum Gasteiger partial charge on any atom is 0.225 e. The summed E-state index contributed by atoms with van der Waals surface area (Å²) in [5.74, 6) is 0.221. The molecule has 0 spiro atoms. The molecule has 4 heteroatoms. The van der Waals surface area contributed by atoms with Crippen LogP contribution in [0.4, 0.5) is 0 Å². The Morgan fingerprint density at radius 1 is 0.692 bits per heavy atom. The van der Waals surface area contributed by atoms with Gasteiger partial charge in [-0.25, -0.2) is 0 Å². The second kappa shape index (κ2) is 8.17. The van der Waals surface area contributed by atoms with Gasteiger partial charge in [0.25, 0.3) is 0 Å². The number of carbonyl (C=O) groups excluding carboxylic acids is 2. The molecule has 0 aliphatic carbocycles. The molecule has 2 aromatic carbocycles. The highest BCUT2D eigenvalue weighted by Crippen LogP contribution is 2.21. The number of benzene rings is 2. The molecule has 1 fully saturated rings. The van der Waals surface area contributed by atoms with Crippen LogP contribution in [0.5, 0.6) is 0 Å². The fourth-order valence-corrected chi connectivity index (χ4v) is 3.50. The molecule has 0 aromatic heterocycles. The number of amides is 2. The first kappa shape index (κ1) is 18.2. The van der Waals surface area contributed by atoms with Gasteiger partial charge in [-0.05, 0) is 25.0 Å². The van der Waals surface area contributed by atoms with Crippen molar-refractivity contribution in [3.05, 3.63) is 71.8 Å². The molecule has 1 aliphatic heterocycles. The van der Waals surface area contributed by atoms with E-state index in [1.54, 1.807) is 0 Å². The fraction of sp³-hybridized carbons (Fsp3) is 0.364. The average Bonchev–Trinajstić information content (AvgIpc) is 2.64. The van der Waals surface area contributed by atoms with Gasteiger partial charge < -0.3 is 9.80 Å². The molecule has 2 atom stereocenters. The Hall–Kier alpha value is -2.62. The molecule has 0 radical (unpaired) electrons. The Morgan fingerprint density at radius 2 is 1.04 bits per heavy atom. The monoisotopic (exact) mass is 350 g/mol. The van der Waals surface area contributed by atoms with Crippen molar-refractivity contribution in [3.8, 4) is 0 Å².